The van der Waals surface area contributed by atoms with Gasteiger partial charge in [-0.1, -0.05) is 23.8 Å². The second-order valence-corrected chi connectivity index (χ2v) is 5.13. The van der Waals surface area contributed by atoms with Crippen LogP contribution in [0.15, 0.2) is 54.7 Å². The van der Waals surface area contributed by atoms with Gasteiger partial charge in [0.05, 0.1) is 0 Å². The number of nitrogens with zero attached hydrogens (tertiary/aromatic N) is 1. The molecule has 21 heavy (non-hydrogen) atoms. The van der Waals surface area contributed by atoms with E-state index in [0.717, 1.165) is 22.2 Å². The van der Waals surface area contributed by atoms with Gasteiger partial charge in [-0.15, -0.1) is 0 Å². The first-order valence-electron chi connectivity index (χ1n) is 7.15. The molecule has 1 N–H and O–H groups in total. The van der Waals surface area contributed by atoms with Gasteiger partial charge in [0.2, 0.25) is 0 Å². The molecule has 0 saturated carbocycles. The molecule has 0 bridgehead atoms. The Hall–Kier alpha value is -2.55. The minimum absolute atomic E-state index is 0.0338. The summed E-state index contributed by atoms with van der Waals surface area (Å²) >= 11 is 0. The number of benzene rings is 2. The van der Waals surface area contributed by atoms with E-state index < -0.39 is 0 Å². The molecule has 1 heterocycles. The van der Waals surface area contributed by atoms with Crippen LogP contribution in [0.2, 0.25) is 0 Å². The van der Waals surface area contributed by atoms with E-state index in [1.165, 1.54) is 5.56 Å². The Morgan fingerprint density at radius 1 is 1.10 bits per heavy atom. The Balaban J connectivity index is 2.03. The molecule has 3 heteroatoms. The fourth-order valence-corrected chi connectivity index (χ4v) is 2.59. The topological polar surface area (TPSA) is 36.1 Å². The van der Waals surface area contributed by atoms with Crippen LogP contribution in [-0.4, -0.2) is 17.4 Å². The molecule has 106 valence electrons. The zero-order valence-electron chi connectivity index (χ0n) is 12.3. The lowest BCUT2D eigenvalue weighted by Crippen LogP contribution is -2.30. The Bertz CT molecular complexity index is 771. The van der Waals surface area contributed by atoms with Crippen LogP contribution in [0.3, 0.4) is 0 Å². The smallest absolute Gasteiger partial charge is 0.258 e. The molecule has 0 aliphatic carbocycles. The van der Waals surface area contributed by atoms with E-state index in [1.54, 1.807) is 4.90 Å². The van der Waals surface area contributed by atoms with Crippen LogP contribution in [0.1, 0.15) is 22.8 Å². The van der Waals surface area contributed by atoms with Crippen molar-refractivity contribution in [1.29, 1.82) is 0 Å². The standard InChI is InChI=1S/C18H18N2O/c1-3-20(14-9-7-13(2)8-10-14)18(21)16-5-4-6-17-15(16)11-12-19-17/h4-12,19H,3H2,1-2H3. The number of carbonyl (C=O) groups is 1. The summed E-state index contributed by atoms with van der Waals surface area (Å²) in [6, 6.07) is 15.8. The van der Waals surface area contributed by atoms with Gasteiger partial charge < -0.3 is 9.88 Å². The number of carbonyl (C=O) groups excluding carboxylic acids is 1. The zero-order chi connectivity index (χ0) is 14.8. The van der Waals surface area contributed by atoms with Crippen LogP contribution in [0.5, 0.6) is 0 Å². The Morgan fingerprint density at radius 3 is 2.57 bits per heavy atom. The Kier molecular flexibility index (Phi) is 3.48. The highest BCUT2D eigenvalue weighted by Crippen LogP contribution is 2.22. The van der Waals surface area contributed by atoms with Gasteiger partial charge in [-0.3, -0.25) is 4.79 Å². The molecule has 1 amide bonds. The quantitative estimate of drug-likeness (QED) is 0.768. The van der Waals surface area contributed by atoms with Gasteiger partial charge in [-0.05, 0) is 44.2 Å². The third-order valence-electron chi connectivity index (χ3n) is 3.73. The number of aromatic nitrogens is 1. The third-order valence-corrected chi connectivity index (χ3v) is 3.73. The van der Waals surface area contributed by atoms with Gasteiger partial charge in [0.25, 0.3) is 5.91 Å². The number of aromatic amines is 1. The average molecular weight is 278 g/mol. The molecule has 0 aliphatic heterocycles. The lowest BCUT2D eigenvalue weighted by atomic mass is 10.1. The number of rotatable bonds is 3. The molecule has 2 aromatic carbocycles. The van der Waals surface area contributed by atoms with Crippen LogP contribution < -0.4 is 4.90 Å². The van der Waals surface area contributed by atoms with Crippen molar-refractivity contribution in [2.24, 2.45) is 0 Å². The van der Waals surface area contributed by atoms with Crippen LogP contribution in [0.4, 0.5) is 5.69 Å². The molecule has 0 aliphatic rings. The number of fused-ring (bicyclic) bond motifs is 1. The van der Waals surface area contributed by atoms with E-state index in [1.807, 2.05) is 68.6 Å². The molecule has 0 spiro atoms. The monoisotopic (exact) mass is 278 g/mol. The predicted molar refractivity (Wildman–Crippen MR) is 86.8 cm³/mol. The van der Waals surface area contributed by atoms with Gasteiger partial charge in [0.1, 0.15) is 0 Å². The van der Waals surface area contributed by atoms with Crippen molar-refractivity contribution in [1.82, 2.24) is 4.98 Å². The maximum absolute atomic E-state index is 12.9. The van der Waals surface area contributed by atoms with Gasteiger partial charge >= 0.3 is 0 Å². The summed E-state index contributed by atoms with van der Waals surface area (Å²) in [7, 11) is 0. The Morgan fingerprint density at radius 2 is 1.86 bits per heavy atom. The molecule has 3 nitrogen and oxygen atoms in total. The summed E-state index contributed by atoms with van der Waals surface area (Å²) < 4.78 is 0. The third kappa shape index (κ3) is 2.42. The fourth-order valence-electron chi connectivity index (χ4n) is 2.59. The van der Waals surface area contributed by atoms with Gasteiger partial charge in [-0.25, -0.2) is 0 Å². The first-order valence-corrected chi connectivity index (χ1v) is 7.15. The van der Waals surface area contributed by atoms with Crippen molar-refractivity contribution in [2.75, 3.05) is 11.4 Å². The molecule has 0 radical (unpaired) electrons. The van der Waals surface area contributed by atoms with Crippen molar-refractivity contribution in [2.45, 2.75) is 13.8 Å². The van der Waals surface area contributed by atoms with Gasteiger partial charge in [-0.2, -0.15) is 0 Å². The number of nitrogens with one attached hydrogen (secondary N) is 1. The van der Waals surface area contributed by atoms with Crippen LogP contribution in [0.25, 0.3) is 10.9 Å². The molecule has 0 unspecified atom stereocenters. The van der Waals surface area contributed by atoms with Crippen LogP contribution in [-0.2, 0) is 0 Å². The van der Waals surface area contributed by atoms with Crippen molar-refractivity contribution < 1.29 is 4.79 Å². The maximum atomic E-state index is 12.9. The summed E-state index contributed by atoms with van der Waals surface area (Å²) in [5, 5.41) is 0.966. The molecule has 0 atom stereocenters. The minimum atomic E-state index is 0.0338. The normalized spacial score (nSPS) is 10.8. The van der Waals surface area contributed by atoms with E-state index in [4.69, 9.17) is 0 Å². The lowest BCUT2D eigenvalue weighted by molar-refractivity contribution is 0.0990. The second-order valence-electron chi connectivity index (χ2n) is 5.13. The van der Waals surface area contributed by atoms with Crippen LogP contribution >= 0.6 is 0 Å². The number of hydrogen-bond acceptors (Lipinski definition) is 1. The molecule has 3 rings (SSSR count). The summed E-state index contributed by atoms with van der Waals surface area (Å²) in [4.78, 5) is 17.8. The highest BCUT2D eigenvalue weighted by atomic mass is 16.2. The van der Waals surface area contributed by atoms with E-state index >= 15 is 0 Å². The molecular weight excluding hydrogens is 260 g/mol. The minimum Gasteiger partial charge on any atom is -0.361 e. The number of hydrogen-bond donors (Lipinski definition) is 1. The van der Waals surface area contributed by atoms with Crippen LogP contribution in [0, 0.1) is 6.92 Å². The van der Waals surface area contributed by atoms with Crippen molar-refractivity contribution in [3.05, 3.63) is 65.9 Å². The highest BCUT2D eigenvalue weighted by molar-refractivity contribution is 6.13. The summed E-state index contributed by atoms with van der Waals surface area (Å²) in [6.07, 6.45) is 1.86. The Labute approximate surface area is 124 Å². The SMILES string of the molecule is CCN(C(=O)c1cccc2[nH]ccc12)c1ccc(C)cc1. The molecular formula is C18H18N2O. The molecule has 0 fully saturated rings. The van der Waals surface area contributed by atoms with Crippen molar-refractivity contribution in [3.8, 4) is 0 Å². The lowest BCUT2D eigenvalue weighted by Gasteiger charge is -2.21. The summed E-state index contributed by atoms with van der Waals surface area (Å²) in [5.74, 6) is 0.0338. The molecule has 0 saturated heterocycles. The van der Waals surface area contributed by atoms with E-state index in [0.29, 0.717) is 6.54 Å². The van der Waals surface area contributed by atoms with Gasteiger partial charge in [0, 0.05) is 34.9 Å². The largest absolute Gasteiger partial charge is 0.361 e. The summed E-state index contributed by atoms with van der Waals surface area (Å²) in [6.45, 7) is 4.68. The zero-order valence-corrected chi connectivity index (χ0v) is 12.3. The first-order chi connectivity index (χ1) is 10.2. The predicted octanol–water partition coefficient (Wildman–Crippen LogP) is 4.14. The van der Waals surface area contributed by atoms with Gasteiger partial charge in [0.15, 0.2) is 0 Å². The number of H-pyrrole nitrogens is 1. The first kappa shape index (κ1) is 13.4. The second kappa shape index (κ2) is 5.44. The van der Waals surface area contributed by atoms with E-state index in [-0.39, 0.29) is 5.91 Å². The number of amides is 1. The summed E-state index contributed by atoms with van der Waals surface area (Å²) in [5.41, 5.74) is 3.84. The molecule has 1 aromatic heterocycles. The number of aryl methyl sites for hydroxylation is 1. The highest BCUT2D eigenvalue weighted by Gasteiger charge is 2.18. The van der Waals surface area contributed by atoms with Crippen molar-refractivity contribution >= 4 is 22.5 Å². The van der Waals surface area contributed by atoms with Crippen molar-refractivity contribution in [3.63, 3.8) is 0 Å². The van der Waals surface area contributed by atoms with E-state index in [9.17, 15) is 4.79 Å². The molecule has 3 aromatic rings. The number of anilines is 1. The van der Waals surface area contributed by atoms with E-state index in [2.05, 4.69) is 4.98 Å². The fraction of sp³-hybridized carbons (Fsp3) is 0.167. The maximum Gasteiger partial charge on any atom is 0.258 e. The average Bonchev–Trinajstić information content (AvgIpc) is 2.98.